The van der Waals surface area contributed by atoms with E-state index in [4.69, 9.17) is 0 Å². The highest BCUT2D eigenvalue weighted by molar-refractivity contribution is 5.79. The average molecular weight is 375 g/mol. The van der Waals surface area contributed by atoms with Crippen molar-refractivity contribution in [3.05, 3.63) is 39.9 Å². The van der Waals surface area contributed by atoms with Gasteiger partial charge in [0.25, 0.3) is 5.69 Å². The van der Waals surface area contributed by atoms with Gasteiger partial charge in [-0.15, -0.1) is 0 Å². The molecule has 1 heterocycles. The monoisotopic (exact) mass is 375 g/mol. The van der Waals surface area contributed by atoms with Crippen LogP contribution in [0.15, 0.2) is 29.3 Å². The van der Waals surface area contributed by atoms with E-state index in [0.29, 0.717) is 25.5 Å². The molecule has 1 aliphatic heterocycles. The summed E-state index contributed by atoms with van der Waals surface area (Å²) in [5.41, 5.74) is 0.861. The van der Waals surface area contributed by atoms with Crippen LogP contribution in [0.25, 0.3) is 0 Å². The van der Waals surface area contributed by atoms with Crippen molar-refractivity contribution in [3.8, 4) is 0 Å². The predicted octanol–water partition coefficient (Wildman–Crippen LogP) is 2.44. The molecule has 27 heavy (non-hydrogen) atoms. The fourth-order valence-corrected chi connectivity index (χ4v) is 3.03. The van der Waals surface area contributed by atoms with Crippen LogP contribution < -0.4 is 10.6 Å². The Morgan fingerprint density at radius 2 is 2.15 bits per heavy atom. The average Bonchev–Trinajstić information content (AvgIpc) is 2.87. The molecule has 1 aromatic carbocycles. The molecule has 0 atom stereocenters. The first kappa shape index (κ1) is 20.7. The number of nitro benzene ring substituents is 1. The zero-order valence-electron chi connectivity index (χ0n) is 15.9. The lowest BCUT2D eigenvalue weighted by Crippen LogP contribution is -2.39. The molecule has 8 heteroatoms. The number of carbonyl (C=O) groups excluding carboxylic acids is 1. The number of amides is 1. The van der Waals surface area contributed by atoms with Gasteiger partial charge >= 0.3 is 0 Å². The Balaban J connectivity index is 1.82. The van der Waals surface area contributed by atoms with Crippen LogP contribution in [0.4, 0.5) is 5.69 Å². The van der Waals surface area contributed by atoms with Gasteiger partial charge in [0.05, 0.1) is 11.5 Å². The zero-order valence-corrected chi connectivity index (χ0v) is 15.9. The maximum Gasteiger partial charge on any atom is 0.269 e. The maximum absolute atomic E-state index is 12.0. The fraction of sp³-hybridized carbons (Fsp3) is 0.579. The summed E-state index contributed by atoms with van der Waals surface area (Å²) >= 11 is 0. The zero-order chi connectivity index (χ0) is 19.5. The molecule has 0 aromatic heterocycles. The van der Waals surface area contributed by atoms with E-state index in [2.05, 4.69) is 15.6 Å². The van der Waals surface area contributed by atoms with Crippen LogP contribution in [-0.4, -0.2) is 47.9 Å². The molecular weight excluding hydrogens is 346 g/mol. The second-order valence-corrected chi connectivity index (χ2v) is 6.59. The number of nitrogens with one attached hydrogen (secondary N) is 2. The molecule has 0 aliphatic carbocycles. The van der Waals surface area contributed by atoms with E-state index in [1.54, 1.807) is 6.07 Å². The highest BCUT2D eigenvalue weighted by atomic mass is 16.6. The summed E-state index contributed by atoms with van der Waals surface area (Å²) in [6.07, 6.45) is 4.75. The quantitative estimate of drug-likeness (QED) is 0.239. The Bertz CT molecular complexity index is 663. The minimum Gasteiger partial charge on any atom is -0.357 e. The molecule has 148 valence electrons. The van der Waals surface area contributed by atoms with Crippen LogP contribution in [0.5, 0.6) is 0 Å². The van der Waals surface area contributed by atoms with Gasteiger partial charge in [-0.1, -0.05) is 18.6 Å². The number of hydrogen-bond donors (Lipinski definition) is 2. The maximum atomic E-state index is 12.0. The molecule has 1 aliphatic rings. The summed E-state index contributed by atoms with van der Waals surface area (Å²) in [6.45, 7) is 5.41. The number of carbonyl (C=O) groups is 1. The molecule has 8 nitrogen and oxygen atoms in total. The van der Waals surface area contributed by atoms with E-state index < -0.39 is 4.92 Å². The fourth-order valence-electron chi connectivity index (χ4n) is 3.03. The number of aliphatic imine (C=N–C) groups is 1. The second kappa shape index (κ2) is 11.2. The van der Waals surface area contributed by atoms with E-state index in [1.807, 2.05) is 17.9 Å². The second-order valence-electron chi connectivity index (χ2n) is 6.59. The van der Waals surface area contributed by atoms with Crippen LogP contribution >= 0.6 is 0 Å². The topological polar surface area (TPSA) is 99.9 Å². The van der Waals surface area contributed by atoms with E-state index in [9.17, 15) is 14.9 Å². The molecule has 1 saturated heterocycles. The van der Waals surface area contributed by atoms with Crippen LogP contribution in [-0.2, 0) is 11.3 Å². The molecule has 1 aromatic rings. The Morgan fingerprint density at radius 1 is 1.30 bits per heavy atom. The first-order valence-corrected chi connectivity index (χ1v) is 9.63. The van der Waals surface area contributed by atoms with Crippen LogP contribution in [0.2, 0.25) is 0 Å². The molecule has 0 unspecified atom stereocenters. The molecule has 1 amide bonds. The summed E-state index contributed by atoms with van der Waals surface area (Å²) in [5, 5.41) is 17.3. The predicted molar refractivity (Wildman–Crippen MR) is 106 cm³/mol. The third-order valence-corrected chi connectivity index (χ3v) is 4.45. The highest BCUT2D eigenvalue weighted by Gasteiger charge is 2.15. The van der Waals surface area contributed by atoms with Gasteiger partial charge in [0.2, 0.25) is 5.91 Å². The Kier molecular flexibility index (Phi) is 8.54. The van der Waals surface area contributed by atoms with Gasteiger partial charge < -0.3 is 15.5 Å². The van der Waals surface area contributed by atoms with Crippen molar-refractivity contribution in [1.29, 1.82) is 0 Å². The molecule has 2 rings (SSSR count). The first-order valence-electron chi connectivity index (χ1n) is 9.63. The number of rotatable bonds is 8. The molecule has 2 N–H and O–H groups in total. The third kappa shape index (κ3) is 7.24. The number of non-ortho nitro benzene ring substituents is 1. The molecule has 1 fully saturated rings. The lowest BCUT2D eigenvalue weighted by Gasteiger charge is -2.20. The van der Waals surface area contributed by atoms with Gasteiger partial charge in [-0.05, 0) is 31.7 Å². The SMILES string of the molecule is CCNC(=NCc1cccc([N+](=O)[O-])c1)NCCCN1CCCCCC1=O. The van der Waals surface area contributed by atoms with Gasteiger partial charge in [0.1, 0.15) is 0 Å². The Hall–Kier alpha value is -2.64. The minimum atomic E-state index is -0.402. The van der Waals surface area contributed by atoms with E-state index in [0.717, 1.165) is 50.9 Å². The molecule has 0 spiro atoms. The largest absolute Gasteiger partial charge is 0.357 e. The standard InChI is InChI=1S/C19H29N5O3/c1-2-20-19(22-15-16-8-6-9-17(14-16)24(26)27)21-11-7-13-23-12-5-3-4-10-18(23)25/h6,8-9,14H,2-5,7,10-13,15H2,1H3,(H2,20,21,22). The lowest BCUT2D eigenvalue weighted by atomic mass is 10.2. The highest BCUT2D eigenvalue weighted by Crippen LogP contribution is 2.14. The van der Waals surface area contributed by atoms with Crippen molar-refractivity contribution in [2.45, 2.75) is 45.6 Å². The summed E-state index contributed by atoms with van der Waals surface area (Å²) in [7, 11) is 0. The molecular formula is C19H29N5O3. The summed E-state index contributed by atoms with van der Waals surface area (Å²) in [6, 6.07) is 6.51. The minimum absolute atomic E-state index is 0.0720. The van der Waals surface area contributed by atoms with E-state index in [1.165, 1.54) is 12.1 Å². The summed E-state index contributed by atoms with van der Waals surface area (Å²) in [5.74, 6) is 0.935. The van der Waals surface area contributed by atoms with Crippen molar-refractivity contribution in [1.82, 2.24) is 15.5 Å². The first-order chi connectivity index (χ1) is 13.1. The number of benzene rings is 1. The van der Waals surface area contributed by atoms with Gasteiger partial charge in [0.15, 0.2) is 5.96 Å². The number of nitro groups is 1. The smallest absolute Gasteiger partial charge is 0.269 e. The van der Waals surface area contributed by atoms with Gasteiger partial charge in [-0.2, -0.15) is 0 Å². The van der Waals surface area contributed by atoms with Crippen molar-refractivity contribution >= 4 is 17.6 Å². The molecule has 0 saturated carbocycles. The van der Waals surface area contributed by atoms with E-state index in [-0.39, 0.29) is 11.6 Å². The third-order valence-electron chi connectivity index (χ3n) is 4.45. The summed E-state index contributed by atoms with van der Waals surface area (Å²) in [4.78, 5) is 28.9. The number of guanidine groups is 1. The summed E-state index contributed by atoms with van der Waals surface area (Å²) < 4.78 is 0. The number of hydrogen-bond acceptors (Lipinski definition) is 4. The Morgan fingerprint density at radius 3 is 2.93 bits per heavy atom. The van der Waals surface area contributed by atoms with Crippen molar-refractivity contribution in [3.63, 3.8) is 0 Å². The normalized spacial score (nSPS) is 15.4. The van der Waals surface area contributed by atoms with Crippen molar-refractivity contribution in [2.75, 3.05) is 26.2 Å². The van der Waals surface area contributed by atoms with Crippen LogP contribution in [0, 0.1) is 10.1 Å². The van der Waals surface area contributed by atoms with Crippen LogP contribution in [0.1, 0.15) is 44.6 Å². The van der Waals surface area contributed by atoms with E-state index >= 15 is 0 Å². The van der Waals surface area contributed by atoms with Crippen molar-refractivity contribution in [2.24, 2.45) is 4.99 Å². The van der Waals surface area contributed by atoms with Crippen molar-refractivity contribution < 1.29 is 9.72 Å². The lowest BCUT2D eigenvalue weighted by molar-refractivity contribution is -0.384. The molecule has 0 bridgehead atoms. The van der Waals surface area contributed by atoms with Crippen LogP contribution in [0.3, 0.4) is 0 Å². The number of likely N-dealkylation sites (tertiary alicyclic amines) is 1. The Labute approximate surface area is 160 Å². The van der Waals surface area contributed by atoms with Gasteiger partial charge in [0, 0.05) is 44.7 Å². The molecule has 0 radical (unpaired) electrons. The van der Waals surface area contributed by atoms with Gasteiger partial charge in [-0.25, -0.2) is 4.99 Å². The van der Waals surface area contributed by atoms with Gasteiger partial charge in [-0.3, -0.25) is 14.9 Å². The number of nitrogens with zero attached hydrogens (tertiary/aromatic N) is 3.